The first kappa shape index (κ1) is 52.7. The fraction of sp³-hybridized carbons (Fsp3) is 0.772. The molecule has 7 nitrogen and oxygen atoms in total. The van der Waals surface area contributed by atoms with Gasteiger partial charge in [-0.15, -0.1) is 0 Å². The van der Waals surface area contributed by atoms with Gasteiger partial charge in [-0.2, -0.15) is 0 Å². The van der Waals surface area contributed by atoms with Crippen LogP contribution in [-0.4, -0.2) is 64.7 Å². The zero-order valence-electron chi connectivity index (χ0n) is 41.4. The number of hydrogen-bond donors (Lipinski definition) is 3. The molecule has 1 heterocycles. The molecule has 14 unspecified atom stereocenters. The Morgan fingerprint density at radius 3 is 2.11 bits per heavy atom. The van der Waals surface area contributed by atoms with E-state index >= 15 is 0 Å². The molecule has 0 radical (unpaired) electrons. The fourth-order valence-corrected chi connectivity index (χ4v) is 13.1. The fourth-order valence-electron chi connectivity index (χ4n) is 13.1. The lowest BCUT2D eigenvalue weighted by Crippen LogP contribution is -2.60. The maximum Gasteiger partial charge on any atom is 0.305 e. The number of aliphatic hydroxyl groups excluding tert-OH is 3. The van der Waals surface area contributed by atoms with Crippen molar-refractivity contribution in [3.05, 3.63) is 72.4 Å². The summed E-state index contributed by atoms with van der Waals surface area (Å²) < 4.78 is 18.0. The summed E-state index contributed by atoms with van der Waals surface area (Å²) in [5.41, 5.74) is 2.10. The van der Waals surface area contributed by atoms with E-state index in [9.17, 15) is 20.1 Å². The Balaban J connectivity index is 0.995. The highest BCUT2D eigenvalue weighted by molar-refractivity contribution is 5.69. The SMILES string of the molecule is CC/C=C\C/C=C\C/C=C\C/C=C\C/C=C\CCCCCC(=O)OCC1OC(OC2CCC3(C)C(=CCC4C3CCC3(C)C(C(C)CCC(CC)C(C)C)CCC43)C2)C(O)C(O)C1O. The highest BCUT2D eigenvalue weighted by Gasteiger charge is 2.59. The number of carbonyl (C=O) groups is 1. The number of allylic oxidation sites excluding steroid dienone is 11. The van der Waals surface area contributed by atoms with Crippen molar-refractivity contribution >= 4 is 5.97 Å². The third-order valence-corrected chi connectivity index (χ3v) is 17.1. The zero-order valence-corrected chi connectivity index (χ0v) is 41.4. The molecule has 7 heteroatoms. The van der Waals surface area contributed by atoms with Crippen molar-refractivity contribution < 1.29 is 34.3 Å². The van der Waals surface area contributed by atoms with E-state index in [4.69, 9.17) is 14.2 Å². The Morgan fingerprint density at radius 1 is 0.781 bits per heavy atom. The number of esters is 1. The van der Waals surface area contributed by atoms with Gasteiger partial charge in [0.15, 0.2) is 6.29 Å². The summed E-state index contributed by atoms with van der Waals surface area (Å²) in [4.78, 5) is 12.6. The lowest BCUT2D eigenvalue weighted by Gasteiger charge is -2.58. The largest absolute Gasteiger partial charge is 0.463 e. The van der Waals surface area contributed by atoms with Crippen molar-refractivity contribution in [3.63, 3.8) is 0 Å². The van der Waals surface area contributed by atoms with Gasteiger partial charge in [0.2, 0.25) is 0 Å². The van der Waals surface area contributed by atoms with Crippen LogP contribution in [0.5, 0.6) is 0 Å². The van der Waals surface area contributed by atoms with Gasteiger partial charge < -0.3 is 29.5 Å². The predicted octanol–water partition coefficient (Wildman–Crippen LogP) is 13.1. The number of carbonyl (C=O) groups excluding carboxylic acids is 1. The van der Waals surface area contributed by atoms with Crippen molar-refractivity contribution in [2.45, 2.75) is 220 Å². The Kier molecular flexibility index (Phi) is 21.7. The van der Waals surface area contributed by atoms with Crippen molar-refractivity contribution in [3.8, 4) is 0 Å². The Hall–Kier alpha value is -2.29. The highest BCUT2D eigenvalue weighted by Crippen LogP contribution is 2.67. The van der Waals surface area contributed by atoms with E-state index in [0.29, 0.717) is 11.3 Å². The predicted molar refractivity (Wildman–Crippen MR) is 262 cm³/mol. The second-order valence-electron chi connectivity index (χ2n) is 21.5. The van der Waals surface area contributed by atoms with Gasteiger partial charge in [0.05, 0.1) is 6.10 Å². The first-order chi connectivity index (χ1) is 30.8. The van der Waals surface area contributed by atoms with E-state index in [2.05, 4.69) is 115 Å². The van der Waals surface area contributed by atoms with E-state index < -0.39 is 30.7 Å². The first-order valence-electron chi connectivity index (χ1n) is 26.3. The summed E-state index contributed by atoms with van der Waals surface area (Å²) in [6, 6.07) is 0. The van der Waals surface area contributed by atoms with Gasteiger partial charge in [-0.3, -0.25) is 4.79 Å². The Morgan fingerprint density at radius 2 is 1.45 bits per heavy atom. The average Bonchev–Trinajstić information content (AvgIpc) is 3.64. The minimum atomic E-state index is -1.46. The summed E-state index contributed by atoms with van der Waals surface area (Å²) in [6.45, 7) is 16.9. The molecular formula is C57H92O7. The van der Waals surface area contributed by atoms with Crippen LogP contribution in [0.15, 0.2) is 72.4 Å². The van der Waals surface area contributed by atoms with Crippen LogP contribution in [-0.2, 0) is 19.0 Å². The minimum Gasteiger partial charge on any atom is -0.463 e. The maximum atomic E-state index is 12.6. The second-order valence-corrected chi connectivity index (χ2v) is 21.5. The van der Waals surface area contributed by atoms with E-state index in [0.717, 1.165) is 119 Å². The van der Waals surface area contributed by atoms with Crippen LogP contribution >= 0.6 is 0 Å². The quantitative estimate of drug-likeness (QED) is 0.0476. The van der Waals surface area contributed by atoms with Gasteiger partial charge in [0.25, 0.3) is 0 Å². The molecule has 0 amide bonds. The molecule has 3 N–H and O–H groups in total. The number of ether oxygens (including phenoxy) is 3. The smallest absolute Gasteiger partial charge is 0.305 e. The summed E-state index contributed by atoms with van der Waals surface area (Å²) in [5, 5.41) is 32.6. The molecule has 0 aromatic rings. The van der Waals surface area contributed by atoms with E-state index in [1.54, 1.807) is 0 Å². The monoisotopic (exact) mass is 889 g/mol. The van der Waals surface area contributed by atoms with Crippen molar-refractivity contribution in [2.75, 3.05) is 6.61 Å². The molecule has 1 saturated heterocycles. The molecule has 5 aliphatic rings. The molecule has 0 aromatic carbocycles. The maximum absolute atomic E-state index is 12.6. The standard InChI is InChI=1S/C57H92O7/c1-8-10-11-12-13-14-15-16-17-18-19-20-21-22-23-24-25-26-27-28-51(58)62-40-50-52(59)53(60)54(61)55(64-50)63-45-35-37-56(6)44(39-45)31-32-46-48-34-33-47(57(48,7)38-36-49(46)56)42(5)29-30-43(9-2)41(3)4/h10-11,13-14,16-17,19-20,22-23,31,41-43,45-50,52-55,59-61H,8-9,12,15,18,21,24-30,32-40H2,1-7H3/b11-10-,14-13-,17-16-,20-19-,23-22-. The molecule has 5 rings (SSSR count). The highest BCUT2D eigenvalue weighted by atomic mass is 16.7. The lowest BCUT2D eigenvalue weighted by atomic mass is 9.47. The average molecular weight is 889 g/mol. The summed E-state index contributed by atoms with van der Waals surface area (Å²) in [6.07, 6.45) is 40.3. The number of hydrogen-bond acceptors (Lipinski definition) is 7. The molecule has 0 bridgehead atoms. The third-order valence-electron chi connectivity index (χ3n) is 17.1. The number of aliphatic hydroxyl groups is 3. The van der Waals surface area contributed by atoms with E-state index in [1.807, 2.05) is 0 Å². The van der Waals surface area contributed by atoms with Crippen molar-refractivity contribution in [1.82, 2.24) is 0 Å². The molecule has 0 aromatic heterocycles. The zero-order chi connectivity index (χ0) is 46.1. The van der Waals surface area contributed by atoms with Crippen LogP contribution < -0.4 is 0 Å². The molecule has 4 fully saturated rings. The Labute approximate surface area is 390 Å². The van der Waals surface area contributed by atoms with Crippen molar-refractivity contribution in [1.29, 1.82) is 0 Å². The molecule has 362 valence electrons. The lowest BCUT2D eigenvalue weighted by molar-refractivity contribution is -0.313. The van der Waals surface area contributed by atoms with Crippen LogP contribution in [0.2, 0.25) is 0 Å². The minimum absolute atomic E-state index is 0.154. The number of unbranched alkanes of at least 4 members (excludes halogenated alkanes) is 3. The normalized spacial score (nSPS) is 35.4. The van der Waals surface area contributed by atoms with Gasteiger partial charge in [-0.25, -0.2) is 0 Å². The van der Waals surface area contributed by atoms with Gasteiger partial charge in [-0.05, 0) is 161 Å². The molecule has 0 spiro atoms. The molecule has 4 aliphatic carbocycles. The summed E-state index contributed by atoms with van der Waals surface area (Å²) >= 11 is 0. The van der Waals surface area contributed by atoms with Crippen LogP contribution in [0.25, 0.3) is 0 Å². The van der Waals surface area contributed by atoms with E-state index in [-0.39, 0.29) is 30.5 Å². The van der Waals surface area contributed by atoms with Gasteiger partial charge >= 0.3 is 5.97 Å². The molecule has 14 atom stereocenters. The van der Waals surface area contributed by atoms with Crippen LogP contribution in [0.4, 0.5) is 0 Å². The number of fused-ring (bicyclic) bond motifs is 5. The summed E-state index contributed by atoms with van der Waals surface area (Å²) in [5.74, 6) is 5.15. The van der Waals surface area contributed by atoms with E-state index in [1.165, 1.54) is 50.5 Å². The van der Waals surface area contributed by atoms with Crippen LogP contribution in [0, 0.1) is 52.3 Å². The topological polar surface area (TPSA) is 105 Å². The number of rotatable bonds is 25. The second kappa shape index (κ2) is 26.3. The third kappa shape index (κ3) is 14.1. The van der Waals surface area contributed by atoms with Gasteiger partial charge in [-0.1, -0.05) is 140 Å². The first-order valence-corrected chi connectivity index (χ1v) is 26.3. The summed E-state index contributed by atoms with van der Waals surface area (Å²) in [7, 11) is 0. The molecule has 1 aliphatic heterocycles. The molecule has 3 saturated carbocycles. The van der Waals surface area contributed by atoms with Crippen LogP contribution in [0.1, 0.15) is 183 Å². The van der Waals surface area contributed by atoms with Crippen LogP contribution in [0.3, 0.4) is 0 Å². The van der Waals surface area contributed by atoms with Crippen molar-refractivity contribution in [2.24, 2.45) is 52.3 Å². The molecular weight excluding hydrogens is 797 g/mol. The van der Waals surface area contributed by atoms with Gasteiger partial charge in [0.1, 0.15) is 31.0 Å². The molecule has 64 heavy (non-hydrogen) atoms. The van der Waals surface area contributed by atoms with Gasteiger partial charge in [0, 0.05) is 6.42 Å². The Bertz CT molecular complexity index is 1570.